The maximum Gasteiger partial charge on any atom is 0.115 e. The Labute approximate surface area is 110 Å². The van der Waals surface area contributed by atoms with Crippen LogP contribution < -0.4 is 0 Å². The van der Waals surface area contributed by atoms with E-state index in [0.29, 0.717) is 5.92 Å². The minimum absolute atomic E-state index is 0.627. The summed E-state index contributed by atoms with van der Waals surface area (Å²) < 4.78 is 0. The van der Waals surface area contributed by atoms with Gasteiger partial charge in [-0.25, -0.2) is 9.97 Å². The number of nitrogens with zero attached hydrogens (tertiary/aromatic N) is 3. The van der Waals surface area contributed by atoms with Crippen molar-refractivity contribution in [3.05, 3.63) is 23.8 Å². The van der Waals surface area contributed by atoms with Gasteiger partial charge >= 0.3 is 0 Å². The molecule has 1 aromatic rings. The van der Waals surface area contributed by atoms with Crippen LogP contribution in [0.2, 0.25) is 0 Å². The van der Waals surface area contributed by atoms with Gasteiger partial charge in [-0.2, -0.15) is 0 Å². The number of hydrogen-bond acceptors (Lipinski definition) is 3. The second kappa shape index (κ2) is 5.35. The molecule has 2 aliphatic rings. The van der Waals surface area contributed by atoms with Crippen molar-refractivity contribution < 1.29 is 0 Å². The molecule has 2 fully saturated rings. The van der Waals surface area contributed by atoms with Crippen LogP contribution in [-0.4, -0.2) is 34.0 Å². The molecule has 2 heterocycles. The molecule has 0 N–H and O–H groups in total. The van der Waals surface area contributed by atoms with E-state index >= 15 is 0 Å². The summed E-state index contributed by atoms with van der Waals surface area (Å²) in [5, 5.41) is 0. The van der Waals surface area contributed by atoms with Gasteiger partial charge < -0.3 is 0 Å². The van der Waals surface area contributed by atoms with Crippen LogP contribution in [0.15, 0.2) is 12.5 Å². The zero-order valence-electron chi connectivity index (χ0n) is 11.3. The molecule has 1 saturated heterocycles. The fourth-order valence-corrected chi connectivity index (χ4v) is 3.67. The topological polar surface area (TPSA) is 29.0 Å². The molecular formula is C15H23N3. The Balaban J connectivity index is 1.72. The van der Waals surface area contributed by atoms with E-state index in [1.165, 1.54) is 62.9 Å². The normalized spacial score (nSPS) is 26.6. The first-order valence-corrected chi connectivity index (χ1v) is 7.35. The summed E-state index contributed by atoms with van der Waals surface area (Å²) in [7, 11) is 0. The monoisotopic (exact) mass is 245 g/mol. The Bertz CT molecular complexity index is 398. The molecule has 1 unspecified atom stereocenters. The maximum absolute atomic E-state index is 4.53. The molecule has 3 heteroatoms. The molecule has 0 amide bonds. The van der Waals surface area contributed by atoms with Crippen molar-refractivity contribution in [2.45, 2.75) is 57.4 Å². The molecule has 0 radical (unpaired) electrons. The number of hydrogen-bond donors (Lipinski definition) is 0. The van der Waals surface area contributed by atoms with Crippen LogP contribution in [0.3, 0.4) is 0 Å². The van der Waals surface area contributed by atoms with Crippen LogP contribution >= 0.6 is 0 Å². The molecule has 0 aromatic carbocycles. The third kappa shape index (κ3) is 2.41. The van der Waals surface area contributed by atoms with Gasteiger partial charge in [0.15, 0.2) is 0 Å². The third-order valence-corrected chi connectivity index (χ3v) is 4.62. The summed E-state index contributed by atoms with van der Waals surface area (Å²) in [6.07, 6.45) is 12.0. The van der Waals surface area contributed by atoms with E-state index in [1.54, 1.807) is 6.33 Å². The van der Waals surface area contributed by atoms with Crippen molar-refractivity contribution in [2.75, 3.05) is 13.1 Å². The van der Waals surface area contributed by atoms with Crippen molar-refractivity contribution in [3.63, 3.8) is 0 Å². The molecule has 1 aliphatic heterocycles. The highest BCUT2D eigenvalue weighted by atomic mass is 15.2. The zero-order chi connectivity index (χ0) is 12.4. The van der Waals surface area contributed by atoms with E-state index < -0.39 is 0 Å². The number of rotatable bonds is 2. The van der Waals surface area contributed by atoms with Crippen molar-refractivity contribution >= 4 is 0 Å². The second-order valence-corrected chi connectivity index (χ2v) is 5.86. The molecule has 0 bridgehead atoms. The predicted octanol–water partition coefficient (Wildman–Crippen LogP) is 2.91. The highest BCUT2D eigenvalue weighted by Gasteiger charge is 2.29. The zero-order valence-corrected chi connectivity index (χ0v) is 11.3. The van der Waals surface area contributed by atoms with Crippen LogP contribution in [0, 0.1) is 6.92 Å². The molecule has 1 atom stereocenters. The highest BCUT2D eigenvalue weighted by Crippen LogP contribution is 2.32. The third-order valence-electron chi connectivity index (χ3n) is 4.62. The van der Waals surface area contributed by atoms with Crippen LogP contribution in [0.1, 0.15) is 55.7 Å². The Kier molecular flexibility index (Phi) is 3.59. The van der Waals surface area contributed by atoms with Gasteiger partial charge in [0.1, 0.15) is 6.33 Å². The number of likely N-dealkylation sites (tertiary alicyclic amines) is 1. The fraction of sp³-hybridized carbons (Fsp3) is 0.733. The highest BCUT2D eigenvalue weighted by molar-refractivity contribution is 5.19. The Morgan fingerprint density at radius 1 is 1.17 bits per heavy atom. The van der Waals surface area contributed by atoms with E-state index in [-0.39, 0.29) is 0 Å². The average Bonchev–Trinajstić information content (AvgIpc) is 2.93. The molecule has 1 saturated carbocycles. The van der Waals surface area contributed by atoms with Crippen LogP contribution in [0.4, 0.5) is 0 Å². The largest absolute Gasteiger partial charge is 0.300 e. The lowest BCUT2D eigenvalue weighted by atomic mass is 9.91. The lowest BCUT2D eigenvalue weighted by molar-refractivity contribution is 0.148. The van der Waals surface area contributed by atoms with Gasteiger partial charge in [-0.3, -0.25) is 4.90 Å². The van der Waals surface area contributed by atoms with Gasteiger partial charge in [0.2, 0.25) is 0 Å². The van der Waals surface area contributed by atoms with Crippen molar-refractivity contribution in [3.8, 4) is 0 Å². The number of piperidine rings is 1. The summed E-state index contributed by atoms with van der Waals surface area (Å²) in [4.78, 5) is 11.4. The van der Waals surface area contributed by atoms with Gasteiger partial charge in [0, 0.05) is 24.7 Å². The number of aromatic nitrogens is 2. The van der Waals surface area contributed by atoms with Gasteiger partial charge in [-0.1, -0.05) is 12.8 Å². The van der Waals surface area contributed by atoms with Gasteiger partial charge in [-0.15, -0.1) is 0 Å². The predicted molar refractivity (Wildman–Crippen MR) is 72.6 cm³/mol. The summed E-state index contributed by atoms with van der Waals surface area (Å²) in [6, 6.07) is 0.856. The molecular weight excluding hydrogens is 222 g/mol. The fourth-order valence-electron chi connectivity index (χ4n) is 3.67. The van der Waals surface area contributed by atoms with Crippen LogP contribution in [0.25, 0.3) is 0 Å². The summed E-state index contributed by atoms with van der Waals surface area (Å²) in [6.45, 7) is 4.65. The van der Waals surface area contributed by atoms with E-state index in [0.717, 1.165) is 6.04 Å². The molecule has 98 valence electrons. The summed E-state index contributed by atoms with van der Waals surface area (Å²) in [5.41, 5.74) is 2.54. The average molecular weight is 245 g/mol. The SMILES string of the molecule is Cc1cncnc1C1CCCN(C2CCCC2)C1. The number of aryl methyl sites for hydroxylation is 1. The van der Waals surface area contributed by atoms with Crippen LogP contribution in [-0.2, 0) is 0 Å². The summed E-state index contributed by atoms with van der Waals surface area (Å²) >= 11 is 0. The Hall–Kier alpha value is -0.960. The van der Waals surface area contributed by atoms with E-state index in [9.17, 15) is 0 Å². The van der Waals surface area contributed by atoms with E-state index in [2.05, 4.69) is 21.8 Å². The molecule has 0 spiro atoms. The quantitative estimate of drug-likeness (QED) is 0.802. The first kappa shape index (κ1) is 12.1. The maximum atomic E-state index is 4.53. The minimum Gasteiger partial charge on any atom is -0.300 e. The smallest absolute Gasteiger partial charge is 0.115 e. The van der Waals surface area contributed by atoms with Gasteiger partial charge in [-0.05, 0) is 44.7 Å². The minimum atomic E-state index is 0.627. The molecule has 18 heavy (non-hydrogen) atoms. The molecule has 3 nitrogen and oxygen atoms in total. The lowest BCUT2D eigenvalue weighted by Crippen LogP contribution is -2.41. The van der Waals surface area contributed by atoms with Crippen LogP contribution in [0.5, 0.6) is 0 Å². The lowest BCUT2D eigenvalue weighted by Gasteiger charge is -2.36. The van der Waals surface area contributed by atoms with E-state index in [1.807, 2.05) is 6.20 Å². The standard InChI is InChI=1S/C15H23N3/c1-12-9-16-11-17-15(12)13-5-4-8-18(10-13)14-6-2-3-7-14/h9,11,13-14H,2-8,10H2,1H3. The van der Waals surface area contributed by atoms with Crippen molar-refractivity contribution in [2.24, 2.45) is 0 Å². The van der Waals surface area contributed by atoms with Crippen molar-refractivity contribution in [1.29, 1.82) is 0 Å². The Morgan fingerprint density at radius 2 is 2.00 bits per heavy atom. The first-order valence-electron chi connectivity index (χ1n) is 7.35. The second-order valence-electron chi connectivity index (χ2n) is 5.86. The Morgan fingerprint density at radius 3 is 2.78 bits per heavy atom. The van der Waals surface area contributed by atoms with Gasteiger partial charge in [0.25, 0.3) is 0 Å². The van der Waals surface area contributed by atoms with E-state index in [4.69, 9.17) is 0 Å². The molecule has 1 aliphatic carbocycles. The van der Waals surface area contributed by atoms with Gasteiger partial charge in [0.05, 0.1) is 5.69 Å². The van der Waals surface area contributed by atoms with Crippen molar-refractivity contribution in [1.82, 2.24) is 14.9 Å². The molecule has 1 aromatic heterocycles. The summed E-state index contributed by atoms with van der Waals surface area (Å²) in [5.74, 6) is 0.627. The molecule has 3 rings (SSSR count). The first-order chi connectivity index (χ1) is 8.84.